The minimum atomic E-state index is -0.795. The number of halogens is 2. The molecule has 4 aliphatic carbocycles. The van der Waals surface area contributed by atoms with E-state index in [4.69, 9.17) is 9.26 Å². The van der Waals surface area contributed by atoms with E-state index in [0.717, 1.165) is 29.9 Å². The predicted octanol–water partition coefficient (Wildman–Crippen LogP) is 4.79. The molecule has 0 radical (unpaired) electrons. The average molecular weight is 416 g/mol. The molecule has 1 heterocycles. The van der Waals surface area contributed by atoms with Crippen LogP contribution in [0.25, 0.3) is 0 Å². The number of benzene rings is 1. The summed E-state index contributed by atoms with van der Waals surface area (Å²) >= 11 is 0. The van der Waals surface area contributed by atoms with Gasteiger partial charge in [-0.2, -0.15) is 0 Å². The first kappa shape index (κ1) is 19.5. The molecule has 0 saturated heterocycles. The summed E-state index contributed by atoms with van der Waals surface area (Å²) in [5.74, 6) is 1.05. The van der Waals surface area contributed by atoms with Crippen LogP contribution in [0.15, 0.2) is 22.7 Å². The van der Waals surface area contributed by atoms with Crippen LogP contribution in [-0.2, 0) is 6.61 Å². The Morgan fingerprint density at radius 2 is 1.87 bits per heavy atom. The largest absolute Gasteiger partial charge is 0.486 e. The molecule has 4 bridgehead atoms. The average Bonchev–Trinajstić information content (AvgIpc) is 3.05. The first-order chi connectivity index (χ1) is 14.4. The fourth-order valence-electron chi connectivity index (χ4n) is 6.34. The van der Waals surface area contributed by atoms with Gasteiger partial charge in [-0.25, -0.2) is 8.78 Å². The van der Waals surface area contributed by atoms with Crippen molar-refractivity contribution in [1.29, 1.82) is 0 Å². The van der Waals surface area contributed by atoms with E-state index in [2.05, 4.69) is 10.5 Å². The van der Waals surface area contributed by atoms with E-state index in [9.17, 15) is 13.6 Å². The lowest BCUT2D eigenvalue weighted by Gasteiger charge is -2.56. The SMILES string of the molecule is Cc1onc(C(=O)NCC23CC4CC(CC(C4)C2)C3)c1COc1ccc(F)cc1F. The van der Waals surface area contributed by atoms with Gasteiger partial charge < -0.3 is 14.6 Å². The van der Waals surface area contributed by atoms with Crippen LogP contribution in [0.4, 0.5) is 8.78 Å². The third-order valence-electron chi connectivity index (χ3n) is 7.25. The zero-order valence-corrected chi connectivity index (χ0v) is 17.0. The van der Waals surface area contributed by atoms with Crippen molar-refractivity contribution in [3.05, 3.63) is 46.9 Å². The van der Waals surface area contributed by atoms with E-state index in [1.807, 2.05) is 0 Å². The molecule has 160 valence electrons. The molecule has 4 saturated carbocycles. The lowest BCUT2D eigenvalue weighted by molar-refractivity contribution is -0.0503. The van der Waals surface area contributed by atoms with Gasteiger partial charge in [0.25, 0.3) is 5.91 Å². The molecule has 6 rings (SSSR count). The second kappa shape index (κ2) is 7.36. The number of nitrogens with zero attached hydrogens (tertiary/aromatic N) is 1. The van der Waals surface area contributed by atoms with Crippen molar-refractivity contribution in [2.45, 2.75) is 52.1 Å². The molecule has 0 unspecified atom stereocenters. The summed E-state index contributed by atoms with van der Waals surface area (Å²) in [7, 11) is 0. The number of amides is 1. The van der Waals surface area contributed by atoms with Crippen LogP contribution < -0.4 is 10.1 Å². The number of aromatic nitrogens is 1. The lowest BCUT2D eigenvalue weighted by atomic mass is 9.49. The fourth-order valence-corrected chi connectivity index (χ4v) is 6.34. The van der Waals surface area contributed by atoms with Crippen molar-refractivity contribution in [3.63, 3.8) is 0 Å². The predicted molar refractivity (Wildman–Crippen MR) is 105 cm³/mol. The molecule has 0 aliphatic heterocycles. The van der Waals surface area contributed by atoms with E-state index >= 15 is 0 Å². The summed E-state index contributed by atoms with van der Waals surface area (Å²) in [5.41, 5.74) is 0.860. The summed E-state index contributed by atoms with van der Waals surface area (Å²) in [6.07, 6.45) is 7.69. The first-order valence-corrected chi connectivity index (χ1v) is 10.7. The molecule has 1 aromatic heterocycles. The topological polar surface area (TPSA) is 64.4 Å². The minimum absolute atomic E-state index is 0.0853. The van der Waals surface area contributed by atoms with Gasteiger partial charge in [0.05, 0.1) is 5.56 Å². The van der Waals surface area contributed by atoms with E-state index in [1.165, 1.54) is 44.6 Å². The van der Waals surface area contributed by atoms with E-state index in [1.54, 1.807) is 6.92 Å². The molecule has 30 heavy (non-hydrogen) atoms. The van der Waals surface area contributed by atoms with Crippen LogP contribution >= 0.6 is 0 Å². The van der Waals surface area contributed by atoms with Gasteiger partial charge in [-0.1, -0.05) is 5.16 Å². The standard InChI is InChI=1S/C23H26F2N2O3/c1-13-18(11-29-20-3-2-17(24)7-19(20)25)21(27-30-13)22(28)26-12-23-8-14-4-15(9-23)6-16(5-14)10-23/h2-3,7,14-16H,4-6,8-12H2,1H3,(H,26,28). The van der Waals surface area contributed by atoms with E-state index in [-0.39, 0.29) is 29.4 Å². The van der Waals surface area contributed by atoms with Gasteiger partial charge in [0.1, 0.15) is 18.2 Å². The molecule has 0 spiro atoms. The van der Waals surface area contributed by atoms with Gasteiger partial charge in [-0.3, -0.25) is 4.79 Å². The molecule has 1 N–H and O–H groups in total. The number of ether oxygens (including phenoxy) is 1. The molecule has 5 nitrogen and oxygen atoms in total. The van der Waals surface area contributed by atoms with E-state index in [0.29, 0.717) is 17.9 Å². The Balaban J connectivity index is 1.25. The highest BCUT2D eigenvalue weighted by atomic mass is 19.1. The normalized spacial score (nSPS) is 29.2. The monoisotopic (exact) mass is 416 g/mol. The molecule has 4 aliphatic rings. The number of hydrogen-bond acceptors (Lipinski definition) is 4. The van der Waals surface area contributed by atoms with Gasteiger partial charge in [-0.05, 0) is 80.8 Å². The summed E-state index contributed by atoms with van der Waals surface area (Å²) in [6, 6.07) is 3.10. The molecular weight excluding hydrogens is 390 g/mol. The molecule has 7 heteroatoms. The number of carbonyl (C=O) groups excluding carboxylic acids is 1. The number of aryl methyl sites for hydroxylation is 1. The van der Waals surface area contributed by atoms with Crippen LogP contribution in [0.1, 0.15) is 60.3 Å². The zero-order valence-electron chi connectivity index (χ0n) is 17.0. The van der Waals surface area contributed by atoms with Crippen molar-refractivity contribution in [2.24, 2.45) is 23.2 Å². The fraction of sp³-hybridized carbons (Fsp3) is 0.565. The summed E-state index contributed by atoms with van der Waals surface area (Å²) in [4.78, 5) is 12.9. The van der Waals surface area contributed by atoms with Crippen LogP contribution in [0.3, 0.4) is 0 Å². The Morgan fingerprint density at radius 3 is 2.50 bits per heavy atom. The number of rotatable bonds is 6. The van der Waals surface area contributed by atoms with Crippen molar-refractivity contribution in [1.82, 2.24) is 10.5 Å². The van der Waals surface area contributed by atoms with Gasteiger partial charge in [0, 0.05) is 12.6 Å². The van der Waals surface area contributed by atoms with Crippen LogP contribution in [0.5, 0.6) is 5.75 Å². The van der Waals surface area contributed by atoms with Crippen molar-refractivity contribution in [3.8, 4) is 5.75 Å². The molecule has 1 aromatic carbocycles. The maximum atomic E-state index is 13.8. The number of hydrogen-bond donors (Lipinski definition) is 1. The Bertz CT molecular complexity index is 936. The summed E-state index contributed by atoms with van der Waals surface area (Å²) in [6.45, 7) is 2.26. The number of nitrogens with one attached hydrogen (secondary N) is 1. The van der Waals surface area contributed by atoms with Crippen LogP contribution in [0.2, 0.25) is 0 Å². The maximum absolute atomic E-state index is 13.8. The Kier molecular flexibility index (Phi) is 4.79. The van der Waals surface area contributed by atoms with Crippen LogP contribution in [-0.4, -0.2) is 17.6 Å². The third kappa shape index (κ3) is 3.59. The highest BCUT2D eigenvalue weighted by molar-refractivity contribution is 5.93. The zero-order chi connectivity index (χ0) is 20.9. The van der Waals surface area contributed by atoms with Crippen molar-refractivity contribution >= 4 is 5.91 Å². The van der Waals surface area contributed by atoms with Gasteiger partial charge in [0.2, 0.25) is 0 Å². The smallest absolute Gasteiger partial charge is 0.273 e. The Labute approximate surface area is 174 Å². The molecular formula is C23H26F2N2O3. The summed E-state index contributed by atoms with van der Waals surface area (Å²) < 4.78 is 37.6. The van der Waals surface area contributed by atoms with Gasteiger partial charge in [0.15, 0.2) is 17.3 Å². The van der Waals surface area contributed by atoms with Crippen molar-refractivity contribution in [2.75, 3.05) is 6.54 Å². The van der Waals surface area contributed by atoms with Gasteiger partial charge in [-0.15, -0.1) is 0 Å². The Morgan fingerprint density at radius 1 is 1.20 bits per heavy atom. The van der Waals surface area contributed by atoms with Gasteiger partial charge >= 0.3 is 0 Å². The maximum Gasteiger partial charge on any atom is 0.273 e. The number of carbonyl (C=O) groups is 1. The summed E-state index contributed by atoms with van der Waals surface area (Å²) in [5, 5.41) is 6.99. The molecule has 1 amide bonds. The highest BCUT2D eigenvalue weighted by Gasteiger charge is 2.50. The minimum Gasteiger partial charge on any atom is -0.486 e. The second-order valence-corrected chi connectivity index (χ2v) is 9.53. The molecule has 4 fully saturated rings. The third-order valence-corrected chi connectivity index (χ3v) is 7.25. The molecule has 0 atom stereocenters. The second-order valence-electron chi connectivity index (χ2n) is 9.53. The van der Waals surface area contributed by atoms with E-state index < -0.39 is 11.6 Å². The van der Waals surface area contributed by atoms with Crippen molar-refractivity contribution < 1.29 is 22.8 Å². The first-order valence-electron chi connectivity index (χ1n) is 10.7. The Hall–Kier alpha value is -2.44. The molecule has 2 aromatic rings. The lowest BCUT2D eigenvalue weighted by Crippen LogP contribution is -2.51. The quantitative estimate of drug-likeness (QED) is 0.736. The highest BCUT2D eigenvalue weighted by Crippen LogP contribution is 2.59. The van der Waals surface area contributed by atoms with Crippen LogP contribution in [0, 0.1) is 41.7 Å².